The fraction of sp³-hybridized carbons (Fsp3) is 0.929. The third-order valence-electron chi connectivity index (χ3n) is 3.11. The third kappa shape index (κ3) is 4.66. The summed E-state index contributed by atoms with van der Waals surface area (Å²) in [5, 5.41) is 8.83. The monoisotopic (exact) mass is 273 g/mol. The zero-order valence-corrected chi connectivity index (χ0v) is 12.7. The van der Waals surface area contributed by atoms with Crippen molar-refractivity contribution >= 4 is 6.09 Å². The number of hydrogen-bond donors (Lipinski definition) is 1. The summed E-state index contributed by atoms with van der Waals surface area (Å²) in [6, 6.07) is 0.0244. The highest BCUT2D eigenvalue weighted by Gasteiger charge is 2.45. The molecule has 5 heteroatoms. The first-order chi connectivity index (χ1) is 8.67. The molecule has 1 amide bonds. The molecule has 1 atom stereocenters. The van der Waals surface area contributed by atoms with Gasteiger partial charge in [-0.15, -0.1) is 0 Å². The van der Waals surface area contributed by atoms with E-state index in [1.165, 1.54) is 0 Å². The van der Waals surface area contributed by atoms with Crippen LogP contribution in [0.15, 0.2) is 0 Å². The zero-order chi connectivity index (χ0) is 14.7. The Hall–Kier alpha value is -0.810. The molecule has 1 aliphatic rings. The second-order valence-electron chi connectivity index (χ2n) is 6.48. The summed E-state index contributed by atoms with van der Waals surface area (Å²) in [4.78, 5) is 14.0. The minimum Gasteiger partial charge on any atom is -0.444 e. The first kappa shape index (κ1) is 16.2. The molecule has 0 radical (unpaired) electrons. The van der Waals surface area contributed by atoms with Crippen LogP contribution in [0.25, 0.3) is 0 Å². The number of aliphatic hydroxyl groups is 1. The molecule has 0 spiro atoms. The van der Waals surface area contributed by atoms with Gasteiger partial charge in [0.1, 0.15) is 11.3 Å². The number of aliphatic hydroxyl groups excluding tert-OH is 1. The number of rotatable bonds is 4. The first-order valence-corrected chi connectivity index (χ1v) is 6.94. The zero-order valence-electron chi connectivity index (χ0n) is 12.7. The van der Waals surface area contributed by atoms with Crippen LogP contribution in [0.4, 0.5) is 4.79 Å². The Bertz CT molecular complexity index is 309. The SMILES string of the molecule is CC(C)(C)OC(=O)N1[C@@H](CCCCO)COC1(C)C. The van der Waals surface area contributed by atoms with Crippen LogP contribution in [0.1, 0.15) is 53.9 Å². The van der Waals surface area contributed by atoms with Gasteiger partial charge in [0.15, 0.2) is 0 Å². The van der Waals surface area contributed by atoms with Gasteiger partial charge in [-0.3, -0.25) is 4.90 Å². The lowest BCUT2D eigenvalue weighted by atomic mass is 10.1. The van der Waals surface area contributed by atoms with Crippen molar-refractivity contribution in [1.82, 2.24) is 4.90 Å². The molecule has 112 valence electrons. The van der Waals surface area contributed by atoms with Gasteiger partial charge < -0.3 is 14.6 Å². The second kappa shape index (κ2) is 6.09. The average molecular weight is 273 g/mol. The minimum atomic E-state index is -0.633. The summed E-state index contributed by atoms with van der Waals surface area (Å²) in [5.41, 5.74) is -1.14. The van der Waals surface area contributed by atoms with E-state index in [9.17, 15) is 4.79 Å². The first-order valence-electron chi connectivity index (χ1n) is 6.94. The van der Waals surface area contributed by atoms with E-state index < -0.39 is 11.3 Å². The lowest BCUT2D eigenvalue weighted by molar-refractivity contribution is -0.0627. The second-order valence-corrected chi connectivity index (χ2v) is 6.48. The van der Waals surface area contributed by atoms with E-state index >= 15 is 0 Å². The van der Waals surface area contributed by atoms with Gasteiger partial charge in [0.25, 0.3) is 0 Å². The number of amides is 1. The molecule has 0 unspecified atom stereocenters. The predicted octanol–water partition coefficient (Wildman–Crippen LogP) is 2.52. The van der Waals surface area contributed by atoms with E-state index in [0.29, 0.717) is 6.61 Å². The largest absolute Gasteiger partial charge is 0.444 e. The summed E-state index contributed by atoms with van der Waals surface area (Å²) in [6.07, 6.45) is 2.12. The summed E-state index contributed by atoms with van der Waals surface area (Å²) in [6.45, 7) is 10.0. The number of carbonyl (C=O) groups excluding carboxylic acids is 1. The molecule has 1 saturated heterocycles. The molecule has 1 heterocycles. The van der Waals surface area contributed by atoms with Crippen molar-refractivity contribution in [2.75, 3.05) is 13.2 Å². The lowest BCUT2D eigenvalue weighted by Gasteiger charge is -2.35. The minimum absolute atomic E-state index is 0.0244. The van der Waals surface area contributed by atoms with Crippen molar-refractivity contribution in [2.45, 2.75) is 71.2 Å². The molecular weight excluding hydrogens is 246 g/mol. The van der Waals surface area contributed by atoms with Gasteiger partial charge in [-0.2, -0.15) is 0 Å². The average Bonchev–Trinajstić information content (AvgIpc) is 2.52. The van der Waals surface area contributed by atoms with Crippen LogP contribution in [-0.2, 0) is 9.47 Å². The molecule has 1 fully saturated rings. The molecule has 1 N–H and O–H groups in total. The van der Waals surface area contributed by atoms with Crippen LogP contribution in [0.3, 0.4) is 0 Å². The van der Waals surface area contributed by atoms with E-state index in [1.54, 1.807) is 4.90 Å². The lowest BCUT2D eigenvalue weighted by Crippen LogP contribution is -2.49. The van der Waals surface area contributed by atoms with Crippen molar-refractivity contribution < 1.29 is 19.4 Å². The Morgan fingerprint density at radius 3 is 2.58 bits per heavy atom. The van der Waals surface area contributed by atoms with Gasteiger partial charge in [-0.1, -0.05) is 0 Å². The summed E-state index contributed by atoms with van der Waals surface area (Å²) < 4.78 is 11.1. The van der Waals surface area contributed by atoms with Crippen LogP contribution in [0.2, 0.25) is 0 Å². The van der Waals surface area contributed by atoms with E-state index in [1.807, 2.05) is 34.6 Å². The number of nitrogens with zero attached hydrogens (tertiary/aromatic N) is 1. The Morgan fingerprint density at radius 2 is 2.05 bits per heavy atom. The molecule has 0 aromatic rings. The molecule has 1 rings (SSSR count). The topological polar surface area (TPSA) is 59.0 Å². The van der Waals surface area contributed by atoms with Crippen molar-refractivity contribution in [3.05, 3.63) is 0 Å². The van der Waals surface area contributed by atoms with Crippen molar-refractivity contribution in [2.24, 2.45) is 0 Å². The Labute approximate surface area is 115 Å². The van der Waals surface area contributed by atoms with E-state index in [-0.39, 0.29) is 18.7 Å². The van der Waals surface area contributed by atoms with Crippen LogP contribution >= 0.6 is 0 Å². The number of unbranched alkanes of at least 4 members (excludes halogenated alkanes) is 1. The van der Waals surface area contributed by atoms with Crippen LogP contribution in [0.5, 0.6) is 0 Å². The highest BCUT2D eigenvalue weighted by molar-refractivity contribution is 5.69. The van der Waals surface area contributed by atoms with Crippen LogP contribution < -0.4 is 0 Å². The van der Waals surface area contributed by atoms with Gasteiger partial charge >= 0.3 is 6.09 Å². The molecular formula is C14H27NO4. The molecule has 5 nitrogen and oxygen atoms in total. The number of ether oxygens (including phenoxy) is 2. The van der Waals surface area contributed by atoms with Gasteiger partial charge in [0, 0.05) is 6.61 Å². The molecule has 19 heavy (non-hydrogen) atoms. The maximum absolute atomic E-state index is 12.3. The van der Waals surface area contributed by atoms with Gasteiger partial charge in [0.2, 0.25) is 0 Å². The Kier molecular flexibility index (Phi) is 5.21. The van der Waals surface area contributed by atoms with E-state index in [0.717, 1.165) is 19.3 Å². The fourth-order valence-electron chi connectivity index (χ4n) is 2.27. The summed E-state index contributed by atoms with van der Waals surface area (Å²) >= 11 is 0. The Morgan fingerprint density at radius 1 is 1.42 bits per heavy atom. The number of hydrogen-bond acceptors (Lipinski definition) is 4. The van der Waals surface area contributed by atoms with Crippen molar-refractivity contribution in [3.8, 4) is 0 Å². The fourth-order valence-corrected chi connectivity index (χ4v) is 2.27. The molecule has 0 aliphatic carbocycles. The van der Waals surface area contributed by atoms with Crippen molar-refractivity contribution in [1.29, 1.82) is 0 Å². The normalized spacial score (nSPS) is 22.6. The summed E-state index contributed by atoms with van der Waals surface area (Å²) in [5.74, 6) is 0. The molecule has 0 aromatic carbocycles. The third-order valence-corrected chi connectivity index (χ3v) is 3.11. The molecule has 0 bridgehead atoms. The van der Waals surface area contributed by atoms with Gasteiger partial charge in [0.05, 0.1) is 12.6 Å². The van der Waals surface area contributed by atoms with E-state index in [2.05, 4.69) is 0 Å². The highest BCUT2D eigenvalue weighted by atomic mass is 16.6. The highest BCUT2D eigenvalue weighted by Crippen LogP contribution is 2.31. The molecule has 0 aromatic heterocycles. The van der Waals surface area contributed by atoms with E-state index in [4.69, 9.17) is 14.6 Å². The number of carbonyl (C=O) groups is 1. The van der Waals surface area contributed by atoms with Crippen LogP contribution in [0, 0.1) is 0 Å². The molecule has 0 saturated carbocycles. The maximum atomic E-state index is 12.3. The van der Waals surface area contributed by atoms with Crippen molar-refractivity contribution in [3.63, 3.8) is 0 Å². The molecule has 1 aliphatic heterocycles. The predicted molar refractivity (Wildman–Crippen MR) is 72.8 cm³/mol. The standard InChI is InChI=1S/C14H27NO4/c1-13(2,3)19-12(17)15-11(8-6-7-9-16)10-18-14(15,4)5/h11,16H,6-10H2,1-5H3/t11-/m0/s1. The summed E-state index contributed by atoms with van der Waals surface area (Å²) in [7, 11) is 0. The van der Waals surface area contributed by atoms with Crippen LogP contribution in [-0.4, -0.2) is 46.7 Å². The Balaban J connectivity index is 2.69. The smallest absolute Gasteiger partial charge is 0.412 e. The maximum Gasteiger partial charge on any atom is 0.412 e. The quantitative estimate of drug-likeness (QED) is 0.800. The van der Waals surface area contributed by atoms with Gasteiger partial charge in [-0.25, -0.2) is 4.79 Å². The van der Waals surface area contributed by atoms with Gasteiger partial charge in [-0.05, 0) is 53.9 Å².